The molecule has 2 atom stereocenters. The molecule has 0 aliphatic rings. The maximum absolute atomic E-state index is 10.7. The smallest absolute Gasteiger partial charge is 0.550 e. The van der Waals surface area contributed by atoms with E-state index in [-0.39, 0.29) is 60.8 Å². The molecule has 2 unspecified atom stereocenters. The van der Waals surface area contributed by atoms with Gasteiger partial charge >= 0.3 is 60.8 Å². The summed E-state index contributed by atoms with van der Waals surface area (Å²) in [4.78, 5) is 41.0. The van der Waals surface area contributed by atoms with Crippen LogP contribution in [-0.4, -0.2) is 107 Å². The van der Waals surface area contributed by atoms with E-state index in [1.807, 2.05) is 0 Å². The third-order valence-corrected chi connectivity index (χ3v) is 6.55. The molecule has 0 heterocycles. The first-order valence-electron chi connectivity index (χ1n) is 10.6. The molecule has 0 spiro atoms. The van der Waals surface area contributed by atoms with Gasteiger partial charge in [0.2, 0.25) is 0 Å². The number of hydrogen-bond donors (Lipinski definition) is 0. The van der Waals surface area contributed by atoms with Crippen molar-refractivity contribution in [2.45, 2.75) is 94.5 Å². The van der Waals surface area contributed by atoms with Crippen LogP contribution in [0.15, 0.2) is 0 Å². The zero-order valence-electron chi connectivity index (χ0n) is 19.8. The number of carbonyl (C=O) groups excluding carboxylic acids is 4. The number of rotatable bonds is 19. The van der Waals surface area contributed by atoms with E-state index in [0.29, 0.717) is 5.75 Å². The Kier molecular flexibility index (Phi) is 35.6. The Labute approximate surface area is 251 Å². The van der Waals surface area contributed by atoms with Crippen LogP contribution >= 0.6 is 23.5 Å². The van der Waals surface area contributed by atoms with Gasteiger partial charge in [0.15, 0.2) is 0 Å². The van der Waals surface area contributed by atoms with Crippen LogP contribution in [-0.2, 0) is 19.2 Å². The first kappa shape index (κ1) is 40.8. The van der Waals surface area contributed by atoms with Gasteiger partial charge in [0.05, 0.1) is 11.9 Å². The van der Waals surface area contributed by atoms with E-state index in [9.17, 15) is 39.6 Å². The van der Waals surface area contributed by atoms with E-state index in [4.69, 9.17) is 0 Å². The minimum absolute atomic E-state index is 0. The Morgan fingerprint density at radius 3 is 1.33 bits per heavy atom. The molecule has 0 rings (SSSR count). The Morgan fingerprint density at radius 1 is 0.667 bits per heavy atom. The van der Waals surface area contributed by atoms with Crippen LogP contribution < -0.4 is 20.4 Å². The monoisotopic (exact) mass is 542 g/mol. The van der Waals surface area contributed by atoms with Crippen molar-refractivity contribution in [2.24, 2.45) is 0 Å². The van der Waals surface area contributed by atoms with Crippen molar-refractivity contribution in [2.75, 3.05) is 12.0 Å². The maximum atomic E-state index is 10.7. The van der Waals surface area contributed by atoms with Gasteiger partial charge in [0, 0.05) is 35.3 Å². The van der Waals surface area contributed by atoms with Crippen molar-refractivity contribution in [3.8, 4) is 0 Å². The standard InChI is InChI=1S/C16H30O4S.C5H8O4S.Ca.Mg/c1-2-3-4-5-6-7-8-9-10-11-12-21-14(16(19)20)13-15(17)18;1-10-3(5(8)9)2-4(6)7;;/h14H,2-13H2,1H3,(H,17,18)(H,19,20);3H,2H2,1H3,(H,6,7)(H,8,9);;/q;;2*+2/p-4. The SMILES string of the molecule is CCCCCCCCCCCCSC(CC(=O)[O-])C(=O)[O-].CSC(CC(=O)[O-])C(=O)[O-].[Ca+2].[Mg+2]. The van der Waals surface area contributed by atoms with E-state index < -0.39 is 47.2 Å². The van der Waals surface area contributed by atoms with Gasteiger partial charge in [-0.2, -0.15) is 23.5 Å². The molecule has 0 aliphatic heterocycles. The Balaban J connectivity index is -0.000000298. The molecule has 33 heavy (non-hydrogen) atoms. The maximum Gasteiger partial charge on any atom is 2.00 e. The van der Waals surface area contributed by atoms with Gasteiger partial charge < -0.3 is 39.6 Å². The second-order valence-electron chi connectivity index (χ2n) is 7.06. The van der Waals surface area contributed by atoms with Crippen LogP contribution in [0.4, 0.5) is 0 Å². The van der Waals surface area contributed by atoms with Gasteiger partial charge in [0.1, 0.15) is 0 Å². The predicted molar refractivity (Wildman–Crippen MR) is 126 cm³/mol. The molecule has 0 aromatic carbocycles. The van der Waals surface area contributed by atoms with E-state index in [2.05, 4.69) is 6.92 Å². The topological polar surface area (TPSA) is 161 Å². The minimum Gasteiger partial charge on any atom is -0.550 e. The number of hydrogen-bond acceptors (Lipinski definition) is 10. The largest absolute Gasteiger partial charge is 2.00 e. The Bertz CT molecular complexity index is 526. The molecule has 12 heteroatoms. The van der Waals surface area contributed by atoms with Crippen molar-refractivity contribution in [3.05, 3.63) is 0 Å². The molecule has 0 saturated carbocycles. The molecule has 0 aromatic heterocycles. The summed E-state index contributed by atoms with van der Waals surface area (Å²) in [5.41, 5.74) is 0. The molecule has 0 aliphatic carbocycles. The van der Waals surface area contributed by atoms with Crippen LogP contribution in [0.1, 0.15) is 84.0 Å². The summed E-state index contributed by atoms with van der Waals surface area (Å²) < 4.78 is 0. The van der Waals surface area contributed by atoms with Gasteiger partial charge in [-0.25, -0.2) is 0 Å². The summed E-state index contributed by atoms with van der Waals surface area (Å²) in [6.45, 7) is 2.22. The van der Waals surface area contributed by atoms with Gasteiger partial charge in [-0.15, -0.1) is 0 Å². The second-order valence-corrected chi connectivity index (χ2v) is 9.41. The normalized spacial score (nSPS) is 11.6. The first-order chi connectivity index (χ1) is 14.6. The fraction of sp³-hybridized carbons (Fsp3) is 0.810. The average molecular weight is 543 g/mol. The molecule has 0 fully saturated rings. The van der Waals surface area contributed by atoms with Gasteiger partial charge in [0.25, 0.3) is 0 Å². The summed E-state index contributed by atoms with van der Waals surface area (Å²) in [5.74, 6) is -4.71. The van der Waals surface area contributed by atoms with Crippen molar-refractivity contribution in [1.82, 2.24) is 0 Å². The Morgan fingerprint density at radius 2 is 1.03 bits per heavy atom. The average Bonchev–Trinajstić information content (AvgIpc) is 2.69. The van der Waals surface area contributed by atoms with E-state index >= 15 is 0 Å². The molecule has 0 radical (unpaired) electrons. The first-order valence-corrected chi connectivity index (χ1v) is 12.9. The van der Waals surface area contributed by atoms with Gasteiger partial charge in [-0.1, -0.05) is 64.7 Å². The number of carboxylic acids is 4. The number of thioether (sulfide) groups is 2. The molecular formula is C21H34CaMgO8S2. The van der Waals surface area contributed by atoms with Gasteiger partial charge in [-0.05, 0) is 18.4 Å². The van der Waals surface area contributed by atoms with Crippen molar-refractivity contribution in [1.29, 1.82) is 0 Å². The molecular weight excluding hydrogens is 509 g/mol. The number of unbranched alkanes of at least 4 members (excludes halogenated alkanes) is 9. The summed E-state index contributed by atoms with van der Waals surface area (Å²) in [6.07, 6.45) is 12.8. The number of aliphatic carboxylic acids is 4. The van der Waals surface area contributed by atoms with Crippen molar-refractivity contribution >= 4 is 108 Å². The third kappa shape index (κ3) is 30.6. The molecule has 0 aromatic rings. The zero-order valence-corrected chi connectivity index (χ0v) is 25.1. The van der Waals surface area contributed by atoms with E-state index in [1.54, 1.807) is 0 Å². The summed E-state index contributed by atoms with van der Waals surface area (Å²) in [7, 11) is 0. The molecule has 8 nitrogen and oxygen atoms in total. The van der Waals surface area contributed by atoms with Crippen LogP contribution in [0.25, 0.3) is 0 Å². The van der Waals surface area contributed by atoms with E-state index in [0.717, 1.165) is 36.4 Å². The summed E-state index contributed by atoms with van der Waals surface area (Å²) in [5, 5.41) is 39.1. The summed E-state index contributed by atoms with van der Waals surface area (Å²) in [6, 6.07) is 0. The second kappa shape index (κ2) is 28.8. The molecule has 0 saturated heterocycles. The van der Waals surface area contributed by atoms with Crippen LogP contribution in [0.2, 0.25) is 0 Å². The predicted octanol–water partition coefficient (Wildman–Crippen LogP) is -1.25. The molecule has 0 bridgehead atoms. The molecule has 0 amide bonds. The Hall–Kier alpha value is 0.606. The van der Waals surface area contributed by atoms with Crippen LogP contribution in [0.3, 0.4) is 0 Å². The number of carbonyl (C=O) groups is 4. The molecule has 0 N–H and O–H groups in total. The van der Waals surface area contributed by atoms with E-state index in [1.165, 1.54) is 57.6 Å². The van der Waals surface area contributed by atoms with Crippen LogP contribution in [0, 0.1) is 0 Å². The fourth-order valence-corrected chi connectivity index (χ4v) is 4.13. The van der Waals surface area contributed by atoms with Gasteiger partial charge in [-0.3, -0.25) is 0 Å². The quantitative estimate of drug-likeness (QED) is 0.142. The number of carboxylic acid groups (broad SMARTS) is 4. The van der Waals surface area contributed by atoms with Crippen molar-refractivity contribution in [3.63, 3.8) is 0 Å². The van der Waals surface area contributed by atoms with Crippen molar-refractivity contribution < 1.29 is 39.6 Å². The molecule has 182 valence electrons. The fourth-order valence-electron chi connectivity index (χ4n) is 2.59. The zero-order chi connectivity index (χ0) is 24.1. The summed E-state index contributed by atoms with van der Waals surface area (Å²) >= 11 is 2.08. The van der Waals surface area contributed by atoms with Crippen LogP contribution in [0.5, 0.6) is 0 Å². The third-order valence-electron chi connectivity index (χ3n) is 4.33. The minimum atomic E-state index is -1.37.